The van der Waals surface area contributed by atoms with E-state index in [0.717, 1.165) is 17.9 Å². The highest BCUT2D eigenvalue weighted by Crippen LogP contribution is 2.12. The molecule has 114 valence electrons. The molecule has 0 radical (unpaired) electrons. The fourth-order valence-corrected chi connectivity index (χ4v) is 2.26. The van der Waals surface area contributed by atoms with E-state index in [9.17, 15) is 4.79 Å². The molecule has 5 heteroatoms. The normalized spacial score (nSPS) is 11.8. The standard InChI is InChI=1S/C15H24N2OS.ClH/c1-11(2)10-14(16)15(18)17-13-6-4-12(5-7-13)8-9-19-3;/h4-7,11,14H,8-10,16H2,1-3H3,(H,17,18);1H/t14-;/m0./s1. The van der Waals surface area contributed by atoms with E-state index < -0.39 is 6.04 Å². The van der Waals surface area contributed by atoms with Crippen molar-refractivity contribution in [3.8, 4) is 0 Å². The van der Waals surface area contributed by atoms with Crippen LogP contribution in [0.2, 0.25) is 0 Å². The summed E-state index contributed by atoms with van der Waals surface area (Å²) in [5, 5.41) is 2.86. The number of hydrogen-bond acceptors (Lipinski definition) is 3. The second-order valence-corrected chi connectivity index (χ2v) is 6.15. The number of halogens is 1. The molecule has 0 aliphatic carbocycles. The Morgan fingerprint density at radius 1 is 1.30 bits per heavy atom. The van der Waals surface area contributed by atoms with Gasteiger partial charge < -0.3 is 11.1 Å². The highest BCUT2D eigenvalue weighted by atomic mass is 35.5. The molecule has 3 N–H and O–H groups in total. The predicted octanol–water partition coefficient (Wildman–Crippen LogP) is 3.33. The van der Waals surface area contributed by atoms with Crippen molar-refractivity contribution in [1.82, 2.24) is 0 Å². The van der Waals surface area contributed by atoms with Crippen LogP contribution in [0.1, 0.15) is 25.8 Å². The number of nitrogens with one attached hydrogen (secondary N) is 1. The Balaban J connectivity index is 0.00000361. The molecule has 0 aliphatic heterocycles. The molecular weight excluding hydrogens is 292 g/mol. The zero-order chi connectivity index (χ0) is 14.3. The molecule has 3 nitrogen and oxygen atoms in total. The number of carbonyl (C=O) groups excluding carboxylic acids is 1. The van der Waals surface area contributed by atoms with Crippen molar-refractivity contribution in [3.05, 3.63) is 29.8 Å². The van der Waals surface area contributed by atoms with Gasteiger partial charge >= 0.3 is 0 Å². The number of hydrogen-bond donors (Lipinski definition) is 2. The van der Waals surface area contributed by atoms with Crippen LogP contribution in [0.4, 0.5) is 5.69 Å². The quantitative estimate of drug-likeness (QED) is 0.811. The fourth-order valence-electron chi connectivity index (χ4n) is 1.82. The number of rotatable bonds is 7. The van der Waals surface area contributed by atoms with Gasteiger partial charge in [-0.1, -0.05) is 26.0 Å². The van der Waals surface area contributed by atoms with Gasteiger partial charge in [0.05, 0.1) is 6.04 Å². The van der Waals surface area contributed by atoms with Crippen LogP contribution in [-0.4, -0.2) is 24.0 Å². The minimum atomic E-state index is -0.434. The number of aryl methyl sites for hydroxylation is 1. The molecule has 0 unspecified atom stereocenters. The van der Waals surface area contributed by atoms with Crippen molar-refractivity contribution >= 4 is 35.8 Å². The molecule has 1 aromatic rings. The van der Waals surface area contributed by atoms with Crippen molar-refractivity contribution in [2.75, 3.05) is 17.3 Å². The lowest BCUT2D eigenvalue weighted by molar-refractivity contribution is -0.117. The maximum atomic E-state index is 11.9. The summed E-state index contributed by atoms with van der Waals surface area (Å²) in [6, 6.07) is 7.56. The monoisotopic (exact) mass is 316 g/mol. The second kappa shape index (κ2) is 10.1. The molecule has 1 atom stereocenters. The number of thioether (sulfide) groups is 1. The number of amides is 1. The number of carbonyl (C=O) groups is 1. The van der Waals surface area contributed by atoms with Crippen LogP contribution < -0.4 is 11.1 Å². The second-order valence-electron chi connectivity index (χ2n) is 5.17. The Kier molecular flexibility index (Phi) is 9.72. The van der Waals surface area contributed by atoms with Crippen molar-refractivity contribution in [3.63, 3.8) is 0 Å². The van der Waals surface area contributed by atoms with Gasteiger partial charge in [0.25, 0.3) is 0 Å². The SMILES string of the molecule is CSCCc1ccc(NC(=O)[C@@H](N)CC(C)C)cc1.Cl. The van der Waals surface area contributed by atoms with Crippen LogP contribution in [0.3, 0.4) is 0 Å². The van der Waals surface area contributed by atoms with Crippen molar-refractivity contribution in [2.45, 2.75) is 32.7 Å². The van der Waals surface area contributed by atoms with E-state index in [2.05, 4.69) is 37.6 Å². The zero-order valence-corrected chi connectivity index (χ0v) is 14.0. The molecule has 1 rings (SSSR count). The number of anilines is 1. The third kappa shape index (κ3) is 7.17. The summed E-state index contributed by atoms with van der Waals surface area (Å²) in [6.07, 6.45) is 3.87. The Morgan fingerprint density at radius 3 is 2.40 bits per heavy atom. The van der Waals surface area contributed by atoms with Crippen molar-refractivity contribution < 1.29 is 4.79 Å². The topological polar surface area (TPSA) is 55.1 Å². The first-order chi connectivity index (χ1) is 9.02. The van der Waals surface area contributed by atoms with Gasteiger partial charge in [-0.2, -0.15) is 11.8 Å². The van der Waals surface area contributed by atoms with E-state index in [1.54, 1.807) is 0 Å². The van der Waals surface area contributed by atoms with Crippen molar-refractivity contribution in [1.29, 1.82) is 0 Å². The Hall–Kier alpha value is -0.710. The summed E-state index contributed by atoms with van der Waals surface area (Å²) in [6.45, 7) is 4.13. The molecule has 0 aromatic heterocycles. The number of nitrogens with two attached hydrogens (primary N) is 1. The summed E-state index contributed by atoms with van der Waals surface area (Å²) in [5.41, 5.74) is 7.95. The predicted molar refractivity (Wildman–Crippen MR) is 91.8 cm³/mol. The van der Waals surface area contributed by atoms with Crippen LogP contribution in [0.25, 0.3) is 0 Å². The fraction of sp³-hybridized carbons (Fsp3) is 0.533. The van der Waals surface area contributed by atoms with Gasteiger partial charge in [-0.3, -0.25) is 4.79 Å². The van der Waals surface area contributed by atoms with E-state index in [-0.39, 0.29) is 18.3 Å². The lowest BCUT2D eigenvalue weighted by Gasteiger charge is -2.14. The lowest BCUT2D eigenvalue weighted by Crippen LogP contribution is -2.36. The Morgan fingerprint density at radius 2 is 1.90 bits per heavy atom. The molecule has 0 saturated carbocycles. The molecule has 0 spiro atoms. The van der Waals surface area contributed by atoms with Crippen LogP contribution in [0, 0.1) is 5.92 Å². The van der Waals surface area contributed by atoms with Crippen LogP contribution in [0.15, 0.2) is 24.3 Å². The van der Waals surface area contributed by atoms with Gasteiger partial charge in [-0.25, -0.2) is 0 Å². The molecular formula is C15H25ClN2OS. The average Bonchev–Trinajstić information content (AvgIpc) is 2.37. The number of benzene rings is 1. The first-order valence-corrected chi connectivity index (χ1v) is 8.06. The first-order valence-electron chi connectivity index (χ1n) is 6.67. The van der Waals surface area contributed by atoms with Gasteiger partial charge in [-0.05, 0) is 48.5 Å². The van der Waals surface area contributed by atoms with E-state index in [0.29, 0.717) is 12.3 Å². The third-order valence-corrected chi connectivity index (χ3v) is 3.49. The molecule has 0 bridgehead atoms. The molecule has 0 heterocycles. The van der Waals surface area contributed by atoms with Crippen LogP contribution in [0.5, 0.6) is 0 Å². The van der Waals surface area contributed by atoms with Crippen molar-refractivity contribution in [2.24, 2.45) is 11.7 Å². The summed E-state index contributed by atoms with van der Waals surface area (Å²) in [5.74, 6) is 1.44. The largest absolute Gasteiger partial charge is 0.325 e. The minimum Gasteiger partial charge on any atom is -0.325 e. The smallest absolute Gasteiger partial charge is 0.241 e. The maximum Gasteiger partial charge on any atom is 0.241 e. The van der Waals surface area contributed by atoms with Gasteiger partial charge in [0, 0.05) is 5.69 Å². The average molecular weight is 317 g/mol. The summed E-state index contributed by atoms with van der Waals surface area (Å²) >= 11 is 1.83. The van der Waals surface area contributed by atoms with Gasteiger partial charge in [0.2, 0.25) is 5.91 Å². The molecule has 1 aromatic carbocycles. The highest BCUT2D eigenvalue weighted by molar-refractivity contribution is 7.98. The maximum absolute atomic E-state index is 11.9. The van der Waals surface area contributed by atoms with Gasteiger partial charge in [0.15, 0.2) is 0 Å². The van der Waals surface area contributed by atoms with E-state index in [4.69, 9.17) is 5.73 Å². The molecule has 0 saturated heterocycles. The first kappa shape index (κ1) is 19.3. The zero-order valence-electron chi connectivity index (χ0n) is 12.4. The van der Waals surface area contributed by atoms with Crippen LogP contribution >= 0.6 is 24.2 Å². The Bertz CT molecular complexity index is 395. The lowest BCUT2D eigenvalue weighted by atomic mass is 10.0. The molecule has 1 amide bonds. The van der Waals surface area contributed by atoms with E-state index >= 15 is 0 Å². The Labute approximate surface area is 132 Å². The minimum absolute atomic E-state index is 0. The highest BCUT2D eigenvalue weighted by Gasteiger charge is 2.14. The molecule has 0 aliphatic rings. The molecule has 20 heavy (non-hydrogen) atoms. The summed E-state index contributed by atoms with van der Waals surface area (Å²) in [4.78, 5) is 11.9. The van der Waals surface area contributed by atoms with Gasteiger partial charge in [-0.15, -0.1) is 12.4 Å². The summed E-state index contributed by atoms with van der Waals surface area (Å²) < 4.78 is 0. The third-order valence-electron chi connectivity index (χ3n) is 2.88. The molecule has 0 fully saturated rings. The van der Waals surface area contributed by atoms with E-state index in [1.165, 1.54) is 5.56 Å². The van der Waals surface area contributed by atoms with Crippen LogP contribution in [-0.2, 0) is 11.2 Å². The summed E-state index contributed by atoms with van der Waals surface area (Å²) in [7, 11) is 0. The van der Waals surface area contributed by atoms with E-state index in [1.807, 2.05) is 23.9 Å². The van der Waals surface area contributed by atoms with Gasteiger partial charge in [0.1, 0.15) is 0 Å².